The maximum absolute atomic E-state index is 10.3. The summed E-state index contributed by atoms with van der Waals surface area (Å²) < 4.78 is 4.63. The van der Waals surface area contributed by atoms with Gasteiger partial charge in [-0.15, -0.1) is 0 Å². The minimum Gasteiger partial charge on any atom is -0.448 e. The lowest BCUT2D eigenvalue weighted by molar-refractivity contribution is 0.146. The maximum Gasteiger partial charge on any atom is 0.428 e. The number of unbranched alkanes of at least 4 members (excludes halogenated alkanes) is 1. The molecule has 0 saturated carbocycles. The Morgan fingerprint density at radius 1 is 1.67 bits per heavy atom. The third kappa shape index (κ3) is 5.14. The van der Waals surface area contributed by atoms with E-state index in [9.17, 15) is 4.79 Å². The Balaban J connectivity index is 2.97. The van der Waals surface area contributed by atoms with Gasteiger partial charge in [0.15, 0.2) is 0 Å². The van der Waals surface area contributed by atoms with Gasteiger partial charge >= 0.3 is 6.09 Å². The van der Waals surface area contributed by atoms with Crippen molar-refractivity contribution in [2.45, 2.75) is 19.8 Å². The number of hydrogen-bond acceptors (Lipinski definition) is 2. The molecule has 1 amide bonds. The normalized spacial score (nSPS) is 8.67. The summed E-state index contributed by atoms with van der Waals surface area (Å²) in [5, 5.41) is 3.30. The number of hydrogen-bond donors (Lipinski definition) is 0. The van der Waals surface area contributed by atoms with Crippen molar-refractivity contribution < 1.29 is 9.53 Å². The van der Waals surface area contributed by atoms with Crippen LogP contribution in [0.4, 0.5) is 4.79 Å². The topological polar surface area (TPSA) is 40.4 Å². The zero-order valence-electron chi connectivity index (χ0n) is 5.89. The molecule has 3 heteroatoms. The highest BCUT2D eigenvalue weighted by molar-refractivity contribution is 5.66. The van der Waals surface area contributed by atoms with Gasteiger partial charge in [0, 0.05) is 7.05 Å². The first-order chi connectivity index (χ1) is 4.31. The Kier molecular flexibility index (Phi) is 4.97. The lowest BCUT2D eigenvalue weighted by Gasteiger charge is -1.98. The van der Waals surface area contributed by atoms with Crippen LogP contribution < -0.4 is 5.32 Å². The minimum atomic E-state index is -0.469. The molecular formula is C6H12NO2. The summed E-state index contributed by atoms with van der Waals surface area (Å²) >= 11 is 0. The van der Waals surface area contributed by atoms with Gasteiger partial charge in [0.2, 0.25) is 0 Å². The summed E-state index contributed by atoms with van der Waals surface area (Å²) in [6.07, 6.45) is 1.49. The van der Waals surface area contributed by atoms with E-state index >= 15 is 0 Å². The molecule has 0 heterocycles. The van der Waals surface area contributed by atoms with E-state index in [2.05, 4.69) is 10.1 Å². The summed E-state index contributed by atoms with van der Waals surface area (Å²) in [5.41, 5.74) is 0. The summed E-state index contributed by atoms with van der Waals surface area (Å²) in [6.45, 7) is 2.53. The first-order valence-corrected chi connectivity index (χ1v) is 3.07. The van der Waals surface area contributed by atoms with Crippen molar-refractivity contribution in [1.82, 2.24) is 5.32 Å². The predicted molar refractivity (Wildman–Crippen MR) is 34.3 cm³/mol. The molecule has 0 saturated heterocycles. The SMILES string of the molecule is CCCCOC(=O)[N]C. The van der Waals surface area contributed by atoms with Gasteiger partial charge < -0.3 is 4.74 Å². The Bertz CT molecular complexity index is 83.1. The number of amides is 1. The fourth-order valence-corrected chi connectivity index (χ4v) is 0.368. The average Bonchev–Trinajstić information content (AvgIpc) is 1.89. The van der Waals surface area contributed by atoms with Gasteiger partial charge in [-0.05, 0) is 6.42 Å². The van der Waals surface area contributed by atoms with E-state index in [-0.39, 0.29) is 0 Å². The molecule has 0 aliphatic rings. The van der Waals surface area contributed by atoms with Gasteiger partial charge in [0.05, 0.1) is 6.61 Å². The van der Waals surface area contributed by atoms with Gasteiger partial charge in [-0.2, -0.15) is 0 Å². The monoisotopic (exact) mass is 130 g/mol. The molecule has 0 unspecified atom stereocenters. The molecule has 0 aromatic rings. The smallest absolute Gasteiger partial charge is 0.428 e. The van der Waals surface area contributed by atoms with E-state index in [0.717, 1.165) is 12.8 Å². The van der Waals surface area contributed by atoms with Gasteiger partial charge in [-0.1, -0.05) is 13.3 Å². The molecular weight excluding hydrogens is 118 g/mol. The Morgan fingerprint density at radius 2 is 2.33 bits per heavy atom. The van der Waals surface area contributed by atoms with Crippen LogP contribution in [0, 0.1) is 0 Å². The molecule has 1 radical (unpaired) electrons. The van der Waals surface area contributed by atoms with Crippen LogP contribution in [0.3, 0.4) is 0 Å². The second kappa shape index (κ2) is 5.41. The van der Waals surface area contributed by atoms with Crippen LogP contribution >= 0.6 is 0 Å². The molecule has 0 aliphatic carbocycles. The Morgan fingerprint density at radius 3 is 2.78 bits per heavy atom. The standard InChI is InChI=1S/C6H12NO2/c1-3-4-5-9-6(8)7-2/h3-5H2,1-2H3. The van der Waals surface area contributed by atoms with Crippen molar-refractivity contribution in [2.75, 3.05) is 13.7 Å². The van der Waals surface area contributed by atoms with Crippen LogP contribution in [-0.4, -0.2) is 19.7 Å². The fourth-order valence-electron chi connectivity index (χ4n) is 0.368. The van der Waals surface area contributed by atoms with Gasteiger partial charge in [0.1, 0.15) is 0 Å². The molecule has 0 atom stereocenters. The Labute approximate surface area is 55.4 Å². The van der Waals surface area contributed by atoms with E-state index in [1.807, 2.05) is 6.92 Å². The molecule has 0 N–H and O–H groups in total. The van der Waals surface area contributed by atoms with Crippen LogP contribution in [-0.2, 0) is 4.74 Å². The molecule has 0 spiro atoms. The highest BCUT2D eigenvalue weighted by atomic mass is 16.5. The summed E-state index contributed by atoms with van der Waals surface area (Å²) in [7, 11) is 1.42. The van der Waals surface area contributed by atoms with E-state index in [1.54, 1.807) is 0 Å². The summed E-state index contributed by atoms with van der Waals surface area (Å²) in [5.74, 6) is 0. The number of carbonyl (C=O) groups is 1. The zero-order valence-corrected chi connectivity index (χ0v) is 5.89. The molecule has 0 aliphatic heterocycles. The van der Waals surface area contributed by atoms with Crippen molar-refractivity contribution in [2.24, 2.45) is 0 Å². The van der Waals surface area contributed by atoms with Crippen LogP contribution in [0.15, 0.2) is 0 Å². The zero-order chi connectivity index (χ0) is 7.11. The lowest BCUT2D eigenvalue weighted by atomic mass is 10.4. The molecule has 3 nitrogen and oxygen atoms in total. The minimum absolute atomic E-state index is 0.469. The quantitative estimate of drug-likeness (QED) is 0.538. The first-order valence-electron chi connectivity index (χ1n) is 3.07. The van der Waals surface area contributed by atoms with Crippen LogP contribution in [0.5, 0.6) is 0 Å². The molecule has 0 aromatic heterocycles. The number of ether oxygens (including phenoxy) is 1. The van der Waals surface area contributed by atoms with Crippen molar-refractivity contribution >= 4 is 6.09 Å². The lowest BCUT2D eigenvalue weighted by Crippen LogP contribution is -2.12. The van der Waals surface area contributed by atoms with Crippen LogP contribution in [0.1, 0.15) is 19.8 Å². The third-order valence-corrected chi connectivity index (χ3v) is 0.906. The molecule has 0 aromatic carbocycles. The predicted octanol–water partition coefficient (Wildman–Crippen LogP) is 1.16. The number of nitrogens with zero attached hydrogens (tertiary/aromatic N) is 1. The van der Waals surface area contributed by atoms with Crippen molar-refractivity contribution in [3.8, 4) is 0 Å². The van der Waals surface area contributed by atoms with Crippen molar-refractivity contribution in [3.05, 3.63) is 0 Å². The van der Waals surface area contributed by atoms with Gasteiger partial charge in [-0.3, -0.25) is 0 Å². The largest absolute Gasteiger partial charge is 0.448 e. The molecule has 9 heavy (non-hydrogen) atoms. The van der Waals surface area contributed by atoms with Gasteiger partial charge in [-0.25, -0.2) is 10.1 Å². The number of carbonyl (C=O) groups excluding carboxylic acids is 1. The van der Waals surface area contributed by atoms with Crippen molar-refractivity contribution in [3.63, 3.8) is 0 Å². The van der Waals surface area contributed by atoms with E-state index < -0.39 is 6.09 Å². The average molecular weight is 130 g/mol. The summed E-state index contributed by atoms with van der Waals surface area (Å²) in [6, 6.07) is 0. The second-order valence-electron chi connectivity index (χ2n) is 1.69. The number of rotatable bonds is 3. The van der Waals surface area contributed by atoms with Crippen LogP contribution in [0.25, 0.3) is 0 Å². The fraction of sp³-hybridized carbons (Fsp3) is 0.833. The van der Waals surface area contributed by atoms with E-state index in [0.29, 0.717) is 6.61 Å². The van der Waals surface area contributed by atoms with Gasteiger partial charge in [0.25, 0.3) is 0 Å². The molecule has 0 fully saturated rings. The maximum atomic E-state index is 10.3. The van der Waals surface area contributed by atoms with E-state index in [4.69, 9.17) is 0 Å². The second-order valence-corrected chi connectivity index (χ2v) is 1.69. The van der Waals surface area contributed by atoms with Crippen molar-refractivity contribution in [1.29, 1.82) is 0 Å². The highest BCUT2D eigenvalue weighted by Crippen LogP contribution is 1.87. The van der Waals surface area contributed by atoms with E-state index in [1.165, 1.54) is 7.05 Å². The molecule has 53 valence electrons. The molecule has 0 rings (SSSR count). The Hall–Kier alpha value is -0.730. The third-order valence-electron chi connectivity index (χ3n) is 0.906. The first kappa shape index (κ1) is 8.27. The highest BCUT2D eigenvalue weighted by Gasteiger charge is 1.95. The summed E-state index contributed by atoms with van der Waals surface area (Å²) in [4.78, 5) is 10.3. The van der Waals surface area contributed by atoms with Crippen LogP contribution in [0.2, 0.25) is 0 Å². The molecule has 0 bridgehead atoms.